The number of benzene rings is 2. The van der Waals surface area contributed by atoms with Gasteiger partial charge in [0.15, 0.2) is 0 Å². The van der Waals surface area contributed by atoms with Gasteiger partial charge < -0.3 is 9.47 Å². The molecule has 7 heteroatoms. The molecule has 0 spiro atoms. The normalized spacial score (nSPS) is 11.4. The quantitative estimate of drug-likeness (QED) is 0.343. The Morgan fingerprint density at radius 1 is 1.10 bits per heavy atom. The van der Waals surface area contributed by atoms with Gasteiger partial charge in [0.1, 0.15) is 16.2 Å². The molecule has 0 amide bonds. The van der Waals surface area contributed by atoms with Gasteiger partial charge in [-0.1, -0.05) is 41.7 Å². The number of aromatic nitrogens is 1. The molecule has 1 N–H and O–H groups in total. The first-order valence-electron chi connectivity index (χ1n) is 9.08. The Kier molecular flexibility index (Phi) is 6.29. The van der Waals surface area contributed by atoms with Gasteiger partial charge in [-0.3, -0.25) is 5.43 Å². The minimum Gasteiger partial charge on any atom is -0.488 e. The predicted octanol–water partition coefficient (Wildman–Crippen LogP) is 5.22. The summed E-state index contributed by atoms with van der Waals surface area (Å²) in [5, 5.41) is 4.74. The summed E-state index contributed by atoms with van der Waals surface area (Å²) in [5.41, 5.74) is 4.98. The van der Waals surface area contributed by atoms with E-state index < -0.39 is 5.97 Å². The maximum atomic E-state index is 12.1. The molecule has 0 aliphatic heterocycles. The number of thiazole rings is 1. The van der Waals surface area contributed by atoms with E-state index in [-0.39, 0.29) is 5.60 Å². The standard InChI is InChI=1S/C22H23N3O3S/c1-22(2,3)28-17-12-10-15(11-13-17)14-23-25-21-24-18(16-8-6-5-7-9-16)19(29-21)20(26)27-4/h5-14H,1-4H3,(H,24,25)/b23-14-. The van der Waals surface area contributed by atoms with Crippen LogP contribution in [0.25, 0.3) is 11.3 Å². The van der Waals surface area contributed by atoms with Crippen molar-refractivity contribution >= 4 is 28.7 Å². The van der Waals surface area contributed by atoms with Gasteiger partial charge in [-0.25, -0.2) is 9.78 Å². The first-order valence-corrected chi connectivity index (χ1v) is 9.90. The van der Waals surface area contributed by atoms with Crippen molar-refractivity contribution in [2.75, 3.05) is 12.5 Å². The van der Waals surface area contributed by atoms with Crippen LogP contribution in [0, 0.1) is 0 Å². The molecule has 29 heavy (non-hydrogen) atoms. The van der Waals surface area contributed by atoms with Gasteiger partial charge in [0.25, 0.3) is 0 Å². The summed E-state index contributed by atoms with van der Waals surface area (Å²) in [7, 11) is 1.36. The average Bonchev–Trinajstić information content (AvgIpc) is 3.12. The molecule has 0 radical (unpaired) electrons. The molecule has 6 nitrogen and oxygen atoms in total. The molecular formula is C22H23N3O3S. The molecule has 0 saturated heterocycles. The van der Waals surface area contributed by atoms with E-state index >= 15 is 0 Å². The number of rotatable bonds is 6. The maximum Gasteiger partial charge on any atom is 0.350 e. The first-order chi connectivity index (χ1) is 13.9. The molecule has 0 fully saturated rings. The van der Waals surface area contributed by atoms with Crippen molar-refractivity contribution in [1.29, 1.82) is 0 Å². The largest absolute Gasteiger partial charge is 0.488 e. The number of hydrazone groups is 1. The van der Waals surface area contributed by atoms with Crippen LogP contribution in [0.15, 0.2) is 59.7 Å². The van der Waals surface area contributed by atoms with E-state index in [1.165, 1.54) is 18.4 Å². The minimum atomic E-state index is -0.423. The van der Waals surface area contributed by atoms with Crippen molar-refractivity contribution in [2.24, 2.45) is 5.10 Å². The van der Waals surface area contributed by atoms with Gasteiger partial charge in [-0.05, 0) is 50.6 Å². The number of carbonyl (C=O) groups excluding carboxylic acids is 1. The van der Waals surface area contributed by atoms with Crippen LogP contribution in [-0.4, -0.2) is 29.9 Å². The fourth-order valence-corrected chi connectivity index (χ4v) is 3.38. The average molecular weight is 410 g/mol. The zero-order valence-corrected chi connectivity index (χ0v) is 17.6. The first kappa shape index (κ1) is 20.5. The number of carbonyl (C=O) groups is 1. The molecule has 0 aliphatic rings. The topological polar surface area (TPSA) is 72.8 Å². The summed E-state index contributed by atoms with van der Waals surface area (Å²) in [6.45, 7) is 6.02. The number of nitrogens with one attached hydrogen (secondary N) is 1. The lowest BCUT2D eigenvalue weighted by Gasteiger charge is -2.21. The highest BCUT2D eigenvalue weighted by Gasteiger charge is 2.20. The third-order valence-corrected chi connectivity index (χ3v) is 4.66. The van der Waals surface area contributed by atoms with E-state index in [4.69, 9.17) is 9.47 Å². The molecule has 0 unspecified atom stereocenters. The summed E-state index contributed by atoms with van der Waals surface area (Å²) >= 11 is 1.20. The summed E-state index contributed by atoms with van der Waals surface area (Å²) in [5.74, 6) is 0.380. The van der Waals surface area contributed by atoms with Gasteiger partial charge >= 0.3 is 5.97 Å². The van der Waals surface area contributed by atoms with Crippen LogP contribution in [0.3, 0.4) is 0 Å². The van der Waals surface area contributed by atoms with Crippen molar-refractivity contribution in [3.05, 3.63) is 65.0 Å². The number of nitrogens with zero attached hydrogens (tertiary/aromatic N) is 2. The van der Waals surface area contributed by atoms with Crippen molar-refractivity contribution in [1.82, 2.24) is 4.98 Å². The monoisotopic (exact) mass is 409 g/mol. The smallest absolute Gasteiger partial charge is 0.350 e. The van der Waals surface area contributed by atoms with Crippen molar-refractivity contribution < 1.29 is 14.3 Å². The summed E-state index contributed by atoms with van der Waals surface area (Å²) < 4.78 is 10.7. The van der Waals surface area contributed by atoms with Gasteiger partial charge in [0, 0.05) is 5.56 Å². The number of anilines is 1. The van der Waals surface area contributed by atoms with E-state index in [0.29, 0.717) is 15.7 Å². The van der Waals surface area contributed by atoms with E-state index in [1.54, 1.807) is 6.21 Å². The Balaban J connectivity index is 1.73. The van der Waals surface area contributed by atoms with Gasteiger partial charge in [-0.15, -0.1) is 0 Å². The second-order valence-electron chi connectivity index (χ2n) is 7.21. The van der Waals surface area contributed by atoms with E-state index in [2.05, 4.69) is 15.5 Å². The van der Waals surface area contributed by atoms with Crippen LogP contribution in [0.2, 0.25) is 0 Å². The van der Waals surface area contributed by atoms with Crippen molar-refractivity contribution in [2.45, 2.75) is 26.4 Å². The molecule has 1 heterocycles. The second-order valence-corrected chi connectivity index (χ2v) is 8.21. The van der Waals surface area contributed by atoms with Crippen LogP contribution < -0.4 is 10.2 Å². The zero-order chi connectivity index (χ0) is 20.9. The van der Waals surface area contributed by atoms with E-state index in [0.717, 1.165) is 16.9 Å². The Hall–Kier alpha value is -3.19. The van der Waals surface area contributed by atoms with Crippen LogP contribution in [0.1, 0.15) is 36.0 Å². The summed E-state index contributed by atoms with van der Waals surface area (Å²) in [4.78, 5) is 17.1. The number of esters is 1. The van der Waals surface area contributed by atoms with Crippen LogP contribution >= 0.6 is 11.3 Å². The lowest BCUT2D eigenvalue weighted by Crippen LogP contribution is -2.22. The van der Waals surface area contributed by atoms with Crippen molar-refractivity contribution in [3.8, 4) is 17.0 Å². The summed E-state index contributed by atoms with van der Waals surface area (Å²) in [6, 6.07) is 17.1. The van der Waals surface area contributed by atoms with Crippen LogP contribution in [0.4, 0.5) is 5.13 Å². The number of hydrogen-bond donors (Lipinski definition) is 1. The molecule has 0 atom stereocenters. The molecular weight excluding hydrogens is 386 g/mol. The van der Waals surface area contributed by atoms with Crippen LogP contribution in [-0.2, 0) is 4.74 Å². The van der Waals surface area contributed by atoms with Crippen molar-refractivity contribution in [3.63, 3.8) is 0 Å². The van der Waals surface area contributed by atoms with E-state index in [9.17, 15) is 4.79 Å². The number of hydrogen-bond acceptors (Lipinski definition) is 7. The SMILES string of the molecule is COC(=O)c1sc(N/N=C\c2ccc(OC(C)(C)C)cc2)nc1-c1ccccc1. The highest BCUT2D eigenvalue weighted by molar-refractivity contribution is 7.17. The molecule has 3 aromatic rings. The molecule has 150 valence electrons. The molecule has 0 bridgehead atoms. The fourth-order valence-electron chi connectivity index (χ4n) is 2.53. The zero-order valence-electron chi connectivity index (χ0n) is 16.8. The Morgan fingerprint density at radius 3 is 2.41 bits per heavy atom. The number of methoxy groups -OCH3 is 1. The highest BCUT2D eigenvalue weighted by Crippen LogP contribution is 2.31. The van der Waals surface area contributed by atoms with Gasteiger partial charge in [0.05, 0.1) is 19.0 Å². The maximum absolute atomic E-state index is 12.1. The lowest BCUT2D eigenvalue weighted by molar-refractivity contribution is 0.0607. The molecule has 0 aliphatic carbocycles. The van der Waals surface area contributed by atoms with Gasteiger partial charge in [0.2, 0.25) is 5.13 Å². The molecule has 3 rings (SSSR count). The Bertz CT molecular complexity index is 990. The lowest BCUT2D eigenvalue weighted by atomic mass is 10.1. The third-order valence-electron chi connectivity index (χ3n) is 3.72. The third kappa shape index (κ3) is 5.65. The van der Waals surface area contributed by atoms with Crippen LogP contribution in [0.5, 0.6) is 5.75 Å². The second kappa shape index (κ2) is 8.87. The van der Waals surface area contributed by atoms with E-state index in [1.807, 2.05) is 75.4 Å². The fraction of sp³-hybridized carbons (Fsp3) is 0.227. The number of ether oxygens (including phenoxy) is 2. The van der Waals surface area contributed by atoms with Gasteiger partial charge in [-0.2, -0.15) is 5.10 Å². The minimum absolute atomic E-state index is 0.240. The molecule has 1 aromatic heterocycles. The summed E-state index contributed by atoms with van der Waals surface area (Å²) in [6.07, 6.45) is 1.68. The predicted molar refractivity (Wildman–Crippen MR) is 117 cm³/mol. The Morgan fingerprint density at radius 2 is 1.79 bits per heavy atom. The molecule has 0 saturated carbocycles. The molecule has 2 aromatic carbocycles. The Labute approximate surface area is 174 Å². The highest BCUT2D eigenvalue weighted by atomic mass is 32.1.